The van der Waals surface area contributed by atoms with Gasteiger partial charge in [0, 0.05) is 23.2 Å². The lowest BCUT2D eigenvalue weighted by Gasteiger charge is -2.12. The predicted molar refractivity (Wildman–Crippen MR) is 78.3 cm³/mol. The van der Waals surface area contributed by atoms with Gasteiger partial charge in [-0.25, -0.2) is 0 Å². The van der Waals surface area contributed by atoms with E-state index >= 15 is 0 Å². The molecule has 0 spiro atoms. The van der Waals surface area contributed by atoms with E-state index < -0.39 is 0 Å². The Morgan fingerprint density at radius 2 is 2.05 bits per heavy atom. The highest BCUT2D eigenvalue weighted by atomic mass is 35.5. The van der Waals surface area contributed by atoms with Crippen LogP contribution >= 0.6 is 11.6 Å². The van der Waals surface area contributed by atoms with Crippen LogP contribution in [0.3, 0.4) is 0 Å². The van der Waals surface area contributed by atoms with Crippen molar-refractivity contribution in [1.29, 1.82) is 0 Å². The van der Waals surface area contributed by atoms with Crippen LogP contribution in [0.5, 0.6) is 11.6 Å². The van der Waals surface area contributed by atoms with Crippen molar-refractivity contribution in [3.8, 4) is 11.6 Å². The molecule has 2 rings (SSSR count). The predicted octanol–water partition coefficient (Wildman–Crippen LogP) is 2.34. The second kappa shape index (κ2) is 6.29. The Balaban J connectivity index is 2.19. The van der Waals surface area contributed by atoms with Crippen LogP contribution < -0.4 is 20.5 Å². The summed E-state index contributed by atoms with van der Waals surface area (Å²) in [6, 6.07) is 7.13. The van der Waals surface area contributed by atoms with Crippen molar-refractivity contribution in [3.63, 3.8) is 0 Å². The van der Waals surface area contributed by atoms with Crippen LogP contribution in [0.4, 0.5) is 11.8 Å². The molecule has 0 atom stereocenters. The second-order valence-electron chi connectivity index (χ2n) is 3.93. The van der Waals surface area contributed by atoms with E-state index in [4.69, 9.17) is 26.8 Å². The number of methoxy groups -OCH3 is 2. The number of rotatable bonds is 5. The highest BCUT2D eigenvalue weighted by molar-refractivity contribution is 6.31. The molecule has 0 saturated heterocycles. The lowest BCUT2D eigenvalue weighted by Crippen LogP contribution is -2.06. The summed E-state index contributed by atoms with van der Waals surface area (Å²) in [4.78, 5) is 7.99. The molecule has 0 unspecified atom stereocenters. The SMILES string of the molecule is COc1cc(NCc2c(Cl)cccc2OC)nc(N)n1. The normalized spacial score (nSPS) is 10.2. The standard InChI is InChI=1S/C13H15ClN4O2/c1-19-10-5-3-4-9(14)8(10)7-16-11-6-12(20-2)18-13(15)17-11/h3-6H,7H2,1-2H3,(H3,15,16,17,18). The van der Waals surface area contributed by atoms with Crippen LogP contribution in [0.15, 0.2) is 24.3 Å². The van der Waals surface area contributed by atoms with Crippen molar-refractivity contribution in [2.45, 2.75) is 6.54 Å². The summed E-state index contributed by atoms with van der Waals surface area (Å²) in [6.07, 6.45) is 0. The molecular formula is C13H15ClN4O2. The molecular weight excluding hydrogens is 280 g/mol. The first-order chi connectivity index (χ1) is 9.63. The summed E-state index contributed by atoms with van der Waals surface area (Å²) in [6.45, 7) is 0.447. The summed E-state index contributed by atoms with van der Waals surface area (Å²) >= 11 is 6.16. The first-order valence-electron chi connectivity index (χ1n) is 5.88. The number of nitrogens with zero attached hydrogens (tertiary/aromatic N) is 2. The lowest BCUT2D eigenvalue weighted by molar-refractivity contribution is 0.398. The molecule has 0 amide bonds. The summed E-state index contributed by atoms with van der Waals surface area (Å²) in [5.41, 5.74) is 6.44. The molecule has 0 radical (unpaired) electrons. The molecule has 20 heavy (non-hydrogen) atoms. The minimum atomic E-state index is 0.137. The Hall–Kier alpha value is -2.21. The average molecular weight is 295 g/mol. The number of hydrogen-bond acceptors (Lipinski definition) is 6. The zero-order valence-electron chi connectivity index (χ0n) is 11.2. The Bertz CT molecular complexity index is 607. The summed E-state index contributed by atoms with van der Waals surface area (Å²) < 4.78 is 10.3. The molecule has 0 fully saturated rings. The van der Waals surface area contributed by atoms with Gasteiger partial charge in [0.1, 0.15) is 11.6 Å². The molecule has 1 aromatic heterocycles. The van der Waals surface area contributed by atoms with Gasteiger partial charge in [0.25, 0.3) is 0 Å². The largest absolute Gasteiger partial charge is 0.496 e. The van der Waals surface area contributed by atoms with E-state index in [9.17, 15) is 0 Å². The van der Waals surface area contributed by atoms with Gasteiger partial charge >= 0.3 is 0 Å². The highest BCUT2D eigenvalue weighted by Gasteiger charge is 2.08. The van der Waals surface area contributed by atoms with E-state index in [2.05, 4.69) is 15.3 Å². The number of benzene rings is 1. The topological polar surface area (TPSA) is 82.3 Å². The van der Waals surface area contributed by atoms with E-state index in [-0.39, 0.29) is 5.95 Å². The van der Waals surface area contributed by atoms with Crippen LogP contribution in [-0.2, 0) is 6.54 Å². The zero-order chi connectivity index (χ0) is 14.5. The molecule has 3 N–H and O–H groups in total. The Morgan fingerprint density at radius 3 is 2.75 bits per heavy atom. The van der Waals surface area contributed by atoms with Crippen molar-refractivity contribution in [2.24, 2.45) is 0 Å². The molecule has 0 saturated carbocycles. The maximum absolute atomic E-state index is 6.16. The third-order valence-corrected chi connectivity index (χ3v) is 3.03. The van der Waals surface area contributed by atoms with Gasteiger partial charge < -0.3 is 20.5 Å². The zero-order valence-corrected chi connectivity index (χ0v) is 11.9. The van der Waals surface area contributed by atoms with Crippen molar-refractivity contribution < 1.29 is 9.47 Å². The van der Waals surface area contributed by atoms with Crippen molar-refractivity contribution in [2.75, 3.05) is 25.3 Å². The molecule has 6 nitrogen and oxygen atoms in total. The summed E-state index contributed by atoms with van der Waals surface area (Å²) in [7, 11) is 3.11. The van der Waals surface area contributed by atoms with E-state index in [1.165, 1.54) is 7.11 Å². The van der Waals surface area contributed by atoms with Crippen molar-refractivity contribution >= 4 is 23.4 Å². The maximum atomic E-state index is 6.16. The Labute approximate surface area is 121 Å². The minimum absolute atomic E-state index is 0.137. The minimum Gasteiger partial charge on any atom is -0.496 e. The fraction of sp³-hybridized carbons (Fsp3) is 0.231. The number of nitrogens with one attached hydrogen (secondary N) is 1. The fourth-order valence-electron chi connectivity index (χ4n) is 1.72. The molecule has 1 heterocycles. The van der Waals surface area contributed by atoms with Gasteiger partial charge in [-0.15, -0.1) is 0 Å². The van der Waals surface area contributed by atoms with Gasteiger partial charge in [-0.2, -0.15) is 9.97 Å². The first kappa shape index (κ1) is 14.2. The number of anilines is 2. The molecule has 0 aliphatic rings. The number of aromatic nitrogens is 2. The molecule has 1 aromatic carbocycles. The van der Waals surface area contributed by atoms with Gasteiger partial charge in [0.2, 0.25) is 11.8 Å². The Kier molecular flexibility index (Phi) is 4.47. The third-order valence-electron chi connectivity index (χ3n) is 2.67. The second-order valence-corrected chi connectivity index (χ2v) is 4.34. The number of halogens is 1. The van der Waals surface area contributed by atoms with Gasteiger partial charge in [0.05, 0.1) is 14.2 Å². The van der Waals surface area contributed by atoms with E-state index in [0.29, 0.717) is 29.0 Å². The van der Waals surface area contributed by atoms with E-state index in [1.54, 1.807) is 19.2 Å². The molecule has 0 aliphatic carbocycles. The summed E-state index contributed by atoms with van der Waals surface area (Å²) in [5.74, 6) is 1.79. The van der Waals surface area contributed by atoms with E-state index in [1.807, 2.05) is 12.1 Å². The molecule has 0 bridgehead atoms. The maximum Gasteiger partial charge on any atom is 0.225 e. The van der Waals surface area contributed by atoms with Gasteiger partial charge in [-0.3, -0.25) is 0 Å². The molecule has 7 heteroatoms. The van der Waals surface area contributed by atoms with Crippen molar-refractivity contribution in [3.05, 3.63) is 34.9 Å². The van der Waals surface area contributed by atoms with Crippen molar-refractivity contribution in [1.82, 2.24) is 9.97 Å². The van der Waals surface area contributed by atoms with Gasteiger partial charge in [-0.1, -0.05) is 17.7 Å². The molecule has 0 aliphatic heterocycles. The van der Waals surface area contributed by atoms with Crippen LogP contribution in [0, 0.1) is 0 Å². The highest BCUT2D eigenvalue weighted by Crippen LogP contribution is 2.27. The number of nitrogen functional groups attached to an aromatic ring is 1. The fourth-order valence-corrected chi connectivity index (χ4v) is 1.95. The Morgan fingerprint density at radius 1 is 1.25 bits per heavy atom. The van der Waals surface area contributed by atoms with Crippen LogP contribution in [-0.4, -0.2) is 24.2 Å². The third kappa shape index (κ3) is 3.21. The summed E-state index contributed by atoms with van der Waals surface area (Å²) in [5, 5.41) is 3.73. The quantitative estimate of drug-likeness (QED) is 0.881. The first-order valence-corrected chi connectivity index (χ1v) is 6.25. The van der Waals surface area contributed by atoms with Crippen LogP contribution in [0.2, 0.25) is 5.02 Å². The number of hydrogen-bond donors (Lipinski definition) is 2. The smallest absolute Gasteiger partial charge is 0.225 e. The molecule has 106 valence electrons. The monoisotopic (exact) mass is 294 g/mol. The van der Waals surface area contributed by atoms with Crippen LogP contribution in [0.1, 0.15) is 5.56 Å². The van der Waals surface area contributed by atoms with Crippen LogP contribution in [0.25, 0.3) is 0 Å². The van der Waals surface area contributed by atoms with E-state index in [0.717, 1.165) is 5.56 Å². The molecule has 2 aromatic rings. The lowest BCUT2D eigenvalue weighted by atomic mass is 10.2. The number of ether oxygens (including phenoxy) is 2. The average Bonchev–Trinajstić information content (AvgIpc) is 2.45. The van der Waals surface area contributed by atoms with Gasteiger partial charge in [0.15, 0.2) is 0 Å². The number of nitrogens with two attached hydrogens (primary N) is 1. The van der Waals surface area contributed by atoms with Gasteiger partial charge in [-0.05, 0) is 12.1 Å².